The lowest BCUT2D eigenvalue weighted by molar-refractivity contribution is 0.607. The Bertz CT molecular complexity index is 757. The average Bonchev–Trinajstić information content (AvgIpc) is 2.88. The molecule has 0 spiro atoms. The number of fused-ring (bicyclic) bond motifs is 3. The highest BCUT2D eigenvalue weighted by molar-refractivity contribution is 9.10. The van der Waals surface area contributed by atoms with Gasteiger partial charge in [0.25, 0.3) is 0 Å². The summed E-state index contributed by atoms with van der Waals surface area (Å²) >= 11 is 3.58. The number of aromatic nitrogens is 1. The number of halogens is 1. The molecule has 1 nitrogen and oxygen atoms in total. The van der Waals surface area contributed by atoms with Crippen LogP contribution in [0.2, 0.25) is 0 Å². The second-order valence-electron chi connectivity index (χ2n) is 6.21. The molecule has 0 aliphatic rings. The van der Waals surface area contributed by atoms with Crippen LogP contribution < -0.4 is 0 Å². The molecule has 1 N–H and O–H groups in total. The number of unbranched alkanes of at least 4 members (excludes halogenated alkanes) is 5. The molecule has 0 fully saturated rings. The Morgan fingerprint density at radius 1 is 0.818 bits per heavy atom. The van der Waals surface area contributed by atoms with E-state index in [2.05, 4.69) is 64.2 Å². The fraction of sp³-hybridized carbons (Fsp3) is 0.400. The standard InChI is InChI=1S/C20H24BrN/c1-2-3-4-5-6-7-8-15-9-11-19-17(13-15)18-14-16(21)10-12-20(18)22-19/h9-14,22H,2-8H2,1H3. The SMILES string of the molecule is CCCCCCCCc1ccc2[nH]c3ccc(Br)cc3c2c1. The van der Waals surface area contributed by atoms with Crippen molar-refractivity contribution in [2.45, 2.75) is 51.9 Å². The topological polar surface area (TPSA) is 15.8 Å². The van der Waals surface area contributed by atoms with Crippen LogP contribution in [0.3, 0.4) is 0 Å². The third-order valence-corrected chi connectivity index (χ3v) is 4.94. The number of hydrogen-bond acceptors (Lipinski definition) is 0. The fourth-order valence-electron chi connectivity index (χ4n) is 3.18. The molecule has 0 aliphatic heterocycles. The highest BCUT2D eigenvalue weighted by atomic mass is 79.9. The van der Waals surface area contributed by atoms with E-state index in [1.807, 2.05) is 0 Å². The number of hydrogen-bond donors (Lipinski definition) is 1. The minimum absolute atomic E-state index is 1.14. The molecule has 0 amide bonds. The van der Waals surface area contributed by atoms with E-state index < -0.39 is 0 Å². The maximum absolute atomic E-state index is 3.58. The monoisotopic (exact) mass is 357 g/mol. The zero-order chi connectivity index (χ0) is 15.4. The summed E-state index contributed by atoms with van der Waals surface area (Å²) in [5.74, 6) is 0. The Morgan fingerprint density at radius 2 is 1.50 bits per heavy atom. The van der Waals surface area contributed by atoms with Crippen molar-refractivity contribution in [2.75, 3.05) is 0 Å². The first-order valence-electron chi connectivity index (χ1n) is 8.48. The largest absolute Gasteiger partial charge is 0.355 e. The molecule has 1 heterocycles. The Balaban J connectivity index is 1.72. The molecule has 116 valence electrons. The van der Waals surface area contributed by atoms with E-state index in [1.54, 1.807) is 0 Å². The smallest absolute Gasteiger partial charge is 0.0465 e. The first-order chi connectivity index (χ1) is 10.8. The molecule has 0 radical (unpaired) electrons. The van der Waals surface area contributed by atoms with Crippen LogP contribution in [0, 0.1) is 0 Å². The first kappa shape index (κ1) is 15.6. The summed E-state index contributed by atoms with van der Waals surface area (Å²) in [4.78, 5) is 3.50. The van der Waals surface area contributed by atoms with Crippen LogP contribution in [0.1, 0.15) is 51.0 Å². The van der Waals surface area contributed by atoms with E-state index in [9.17, 15) is 0 Å². The number of aryl methyl sites for hydroxylation is 1. The van der Waals surface area contributed by atoms with Gasteiger partial charge in [-0.2, -0.15) is 0 Å². The lowest BCUT2D eigenvalue weighted by Crippen LogP contribution is -1.86. The van der Waals surface area contributed by atoms with Crippen molar-refractivity contribution in [1.82, 2.24) is 4.98 Å². The van der Waals surface area contributed by atoms with Crippen molar-refractivity contribution >= 4 is 37.7 Å². The van der Waals surface area contributed by atoms with Crippen molar-refractivity contribution < 1.29 is 0 Å². The highest BCUT2D eigenvalue weighted by Crippen LogP contribution is 2.29. The molecule has 0 bridgehead atoms. The summed E-state index contributed by atoms with van der Waals surface area (Å²) in [5, 5.41) is 2.66. The van der Waals surface area contributed by atoms with Crippen LogP contribution in [0.25, 0.3) is 21.8 Å². The molecular formula is C20H24BrN. The van der Waals surface area contributed by atoms with Crippen LogP contribution in [0.5, 0.6) is 0 Å². The molecule has 3 aromatic rings. The zero-order valence-corrected chi connectivity index (χ0v) is 14.9. The molecule has 0 saturated carbocycles. The summed E-state index contributed by atoms with van der Waals surface area (Å²) < 4.78 is 1.14. The molecular weight excluding hydrogens is 334 g/mol. The summed E-state index contributed by atoms with van der Waals surface area (Å²) in [6.45, 7) is 2.27. The van der Waals surface area contributed by atoms with Crippen LogP contribution in [0.4, 0.5) is 0 Å². The second-order valence-corrected chi connectivity index (χ2v) is 7.13. The quantitative estimate of drug-likeness (QED) is 0.438. The molecule has 0 unspecified atom stereocenters. The van der Waals surface area contributed by atoms with Crippen molar-refractivity contribution in [3.63, 3.8) is 0 Å². The highest BCUT2D eigenvalue weighted by Gasteiger charge is 2.05. The third kappa shape index (κ3) is 3.55. The number of aromatic amines is 1. The van der Waals surface area contributed by atoms with Gasteiger partial charge in [-0.05, 0) is 48.7 Å². The van der Waals surface area contributed by atoms with E-state index in [1.165, 1.54) is 72.3 Å². The van der Waals surface area contributed by atoms with Gasteiger partial charge in [0.15, 0.2) is 0 Å². The number of nitrogens with one attached hydrogen (secondary N) is 1. The molecule has 22 heavy (non-hydrogen) atoms. The van der Waals surface area contributed by atoms with Crippen molar-refractivity contribution in [3.05, 3.63) is 46.4 Å². The van der Waals surface area contributed by atoms with Gasteiger partial charge in [0.1, 0.15) is 0 Å². The van der Waals surface area contributed by atoms with E-state index in [0.717, 1.165) is 4.47 Å². The third-order valence-electron chi connectivity index (χ3n) is 4.44. The lowest BCUT2D eigenvalue weighted by Gasteiger charge is -2.03. The zero-order valence-electron chi connectivity index (χ0n) is 13.3. The van der Waals surface area contributed by atoms with Gasteiger partial charge < -0.3 is 4.98 Å². The van der Waals surface area contributed by atoms with Gasteiger partial charge in [0.2, 0.25) is 0 Å². The van der Waals surface area contributed by atoms with Gasteiger partial charge in [0.05, 0.1) is 0 Å². The molecule has 2 aromatic carbocycles. The number of rotatable bonds is 7. The maximum Gasteiger partial charge on any atom is 0.0465 e. The fourth-order valence-corrected chi connectivity index (χ4v) is 3.54. The van der Waals surface area contributed by atoms with Crippen LogP contribution >= 0.6 is 15.9 Å². The maximum atomic E-state index is 3.58. The van der Waals surface area contributed by atoms with E-state index in [4.69, 9.17) is 0 Å². The van der Waals surface area contributed by atoms with E-state index >= 15 is 0 Å². The number of benzene rings is 2. The van der Waals surface area contributed by atoms with Gasteiger partial charge in [-0.3, -0.25) is 0 Å². The molecule has 3 rings (SSSR count). The Labute approximate surface area is 141 Å². The Kier molecular flexibility index (Phi) is 5.20. The predicted molar refractivity (Wildman–Crippen MR) is 101 cm³/mol. The van der Waals surface area contributed by atoms with Crippen LogP contribution in [-0.4, -0.2) is 4.98 Å². The van der Waals surface area contributed by atoms with Crippen molar-refractivity contribution in [2.24, 2.45) is 0 Å². The van der Waals surface area contributed by atoms with Crippen molar-refractivity contribution in [1.29, 1.82) is 0 Å². The molecule has 2 heteroatoms. The first-order valence-corrected chi connectivity index (χ1v) is 9.27. The minimum atomic E-state index is 1.14. The summed E-state index contributed by atoms with van der Waals surface area (Å²) in [7, 11) is 0. The molecule has 1 aromatic heterocycles. The molecule has 0 saturated heterocycles. The van der Waals surface area contributed by atoms with Gasteiger partial charge in [-0.25, -0.2) is 0 Å². The summed E-state index contributed by atoms with van der Waals surface area (Å²) in [5.41, 5.74) is 3.92. The van der Waals surface area contributed by atoms with E-state index in [-0.39, 0.29) is 0 Å². The molecule has 0 atom stereocenters. The Morgan fingerprint density at radius 3 is 2.32 bits per heavy atom. The lowest BCUT2D eigenvalue weighted by atomic mass is 10.0. The van der Waals surface area contributed by atoms with Gasteiger partial charge in [0, 0.05) is 26.3 Å². The van der Waals surface area contributed by atoms with Crippen LogP contribution in [-0.2, 0) is 6.42 Å². The predicted octanol–water partition coefficient (Wildman–Crippen LogP) is 6.99. The number of H-pyrrole nitrogens is 1. The normalized spacial score (nSPS) is 11.5. The second kappa shape index (κ2) is 7.32. The summed E-state index contributed by atoms with van der Waals surface area (Å²) in [6.07, 6.45) is 9.35. The molecule has 0 aliphatic carbocycles. The Hall–Kier alpha value is -1.28. The van der Waals surface area contributed by atoms with Crippen LogP contribution in [0.15, 0.2) is 40.9 Å². The van der Waals surface area contributed by atoms with Crippen molar-refractivity contribution in [3.8, 4) is 0 Å². The van der Waals surface area contributed by atoms with Gasteiger partial charge >= 0.3 is 0 Å². The van der Waals surface area contributed by atoms with Gasteiger partial charge in [-0.1, -0.05) is 61.0 Å². The minimum Gasteiger partial charge on any atom is -0.355 e. The van der Waals surface area contributed by atoms with Gasteiger partial charge in [-0.15, -0.1) is 0 Å². The van der Waals surface area contributed by atoms with E-state index in [0.29, 0.717) is 0 Å². The average molecular weight is 358 g/mol. The summed E-state index contributed by atoms with van der Waals surface area (Å²) in [6, 6.07) is 13.3.